The van der Waals surface area contributed by atoms with Crippen LogP contribution in [0.4, 0.5) is 0 Å². The molecule has 0 fully saturated rings. The Balaban J connectivity index is 1.60. The Hall–Kier alpha value is -4.19. The van der Waals surface area contributed by atoms with Gasteiger partial charge >= 0.3 is 5.97 Å². The Morgan fingerprint density at radius 1 is 0.906 bits per heavy atom. The number of aromatic nitrogens is 1. The summed E-state index contributed by atoms with van der Waals surface area (Å²) in [5, 5.41) is 3.74. The molecule has 32 heavy (non-hydrogen) atoms. The standard InChI is InChI=1S/C26H22N2O4/c1-31-20-13-11-18(12-14-20)24-15-22(21-5-3-4-6-23(21)28-24)25(29)27-16-17-7-9-19(10-8-17)26(30)32-2/h3-15H,16H2,1-2H3,(H,27,29). The van der Waals surface area contributed by atoms with Crippen LogP contribution >= 0.6 is 0 Å². The number of hydrogen-bond acceptors (Lipinski definition) is 5. The minimum Gasteiger partial charge on any atom is -0.497 e. The third-order valence-corrected chi connectivity index (χ3v) is 5.17. The SMILES string of the molecule is COC(=O)c1ccc(CNC(=O)c2cc(-c3ccc(OC)cc3)nc3ccccc23)cc1. The van der Waals surface area contributed by atoms with E-state index in [4.69, 9.17) is 14.5 Å². The normalized spacial score (nSPS) is 10.6. The zero-order valence-corrected chi connectivity index (χ0v) is 17.8. The molecule has 0 aliphatic rings. The van der Waals surface area contributed by atoms with E-state index >= 15 is 0 Å². The number of esters is 1. The lowest BCUT2D eigenvalue weighted by molar-refractivity contribution is 0.0600. The number of hydrogen-bond donors (Lipinski definition) is 1. The minimum atomic E-state index is -0.394. The zero-order valence-electron chi connectivity index (χ0n) is 17.8. The molecule has 3 aromatic carbocycles. The molecule has 0 aliphatic heterocycles. The van der Waals surface area contributed by atoms with Crippen molar-refractivity contribution in [2.24, 2.45) is 0 Å². The fraction of sp³-hybridized carbons (Fsp3) is 0.115. The third kappa shape index (κ3) is 4.44. The van der Waals surface area contributed by atoms with E-state index in [0.717, 1.165) is 27.8 Å². The molecule has 0 spiro atoms. The molecule has 0 saturated heterocycles. The topological polar surface area (TPSA) is 77.5 Å². The second-order valence-corrected chi connectivity index (χ2v) is 7.17. The quantitative estimate of drug-likeness (QED) is 0.455. The fourth-order valence-electron chi connectivity index (χ4n) is 3.43. The van der Waals surface area contributed by atoms with Crippen LogP contribution in [0.3, 0.4) is 0 Å². The van der Waals surface area contributed by atoms with Gasteiger partial charge < -0.3 is 14.8 Å². The van der Waals surface area contributed by atoms with E-state index in [1.165, 1.54) is 7.11 Å². The van der Waals surface area contributed by atoms with Gasteiger partial charge in [0.1, 0.15) is 5.75 Å². The van der Waals surface area contributed by atoms with Gasteiger partial charge in [-0.2, -0.15) is 0 Å². The second kappa shape index (κ2) is 9.31. The summed E-state index contributed by atoms with van der Waals surface area (Å²) in [6, 6.07) is 23.9. The van der Waals surface area contributed by atoms with Crippen LogP contribution in [0.2, 0.25) is 0 Å². The van der Waals surface area contributed by atoms with Crippen molar-refractivity contribution in [3.63, 3.8) is 0 Å². The van der Waals surface area contributed by atoms with Gasteiger partial charge in [0, 0.05) is 17.5 Å². The molecular formula is C26H22N2O4. The van der Waals surface area contributed by atoms with E-state index in [1.807, 2.05) is 48.5 Å². The van der Waals surface area contributed by atoms with Gasteiger partial charge in [-0.1, -0.05) is 30.3 Å². The summed E-state index contributed by atoms with van der Waals surface area (Å²) < 4.78 is 9.94. The van der Waals surface area contributed by atoms with Crippen molar-refractivity contribution >= 4 is 22.8 Å². The van der Waals surface area contributed by atoms with Gasteiger partial charge in [0.2, 0.25) is 0 Å². The number of fused-ring (bicyclic) bond motifs is 1. The van der Waals surface area contributed by atoms with E-state index in [2.05, 4.69) is 5.32 Å². The number of pyridine rings is 1. The van der Waals surface area contributed by atoms with Crippen LogP contribution in [-0.2, 0) is 11.3 Å². The van der Waals surface area contributed by atoms with Crippen LogP contribution < -0.4 is 10.1 Å². The number of nitrogens with one attached hydrogen (secondary N) is 1. The zero-order chi connectivity index (χ0) is 22.5. The molecular weight excluding hydrogens is 404 g/mol. The van der Waals surface area contributed by atoms with E-state index in [0.29, 0.717) is 23.4 Å². The van der Waals surface area contributed by atoms with Crippen LogP contribution in [-0.4, -0.2) is 31.1 Å². The van der Waals surface area contributed by atoms with Crippen molar-refractivity contribution in [1.29, 1.82) is 0 Å². The van der Waals surface area contributed by atoms with E-state index in [1.54, 1.807) is 37.4 Å². The molecule has 0 aliphatic carbocycles. The highest BCUT2D eigenvalue weighted by Gasteiger charge is 2.14. The van der Waals surface area contributed by atoms with Gasteiger partial charge in [0.15, 0.2) is 0 Å². The summed E-state index contributed by atoms with van der Waals surface area (Å²) in [7, 11) is 2.96. The summed E-state index contributed by atoms with van der Waals surface area (Å²) in [6.45, 7) is 0.328. The lowest BCUT2D eigenvalue weighted by atomic mass is 10.0. The highest BCUT2D eigenvalue weighted by molar-refractivity contribution is 6.07. The molecule has 0 unspecified atom stereocenters. The largest absolute Gasteiger partial charge is 0.497 e. The number of amides is 1. The van der Waals surface area contributed by atoms with Crippen LogP contribution in [0, 0.1) is 0 Å². The molecule has 0 bridgehead atoms. The lowest BCUT2D eigenvalue weighted by Gasteiger charge is -2.11. The molecule has 0 saturated carbocycles. The minimum absolute atomic E-state index is 0.199. The Kier molecular flexibility index (Phi) is 6.12. The van der Waals surface area contributed by atoms with Crippen LogP contribution in [0.1, 0.15) is 26.3 Å². The molecule has 0 radical (unpaired) electrons. The maximum Gasteiger partial charge on any atom is 0.337 e. The first-order chi connectivity index (χ1) is 15.6. The molecule has 1 heterocycles. The Bertz CT molecular complexity index is 1270. The number of para-hydroxylation sites is 1. The number of carbonyl (C=O) groups excluding carboxylic acids is 2. The maximum atomic E-state index is 13.1. The third-order valence-electron chi connectivity index (χ3n) is 5.17. The van der Waals surface area contributed by atoms with Crippen molar-refractivity contribution in [2.45, 2.75) is 6.54 Å². The van der Waals surface area contributed by atoms with Gasteiger partial charge in [-0.3, -0.25) is 4.79 Å². The first-order valence-corrected chi connectivity index (χ1v) is 10.1. The van der Waals surface area contributed by atoms with Gasteiger partial charge in [0.05, 0.1) is 36.6 Å². The Labute approximate surface area is 185 Å². The maximum absolute atomic E-state index is 13.1. The number of benzene rings is 3. The molecule has 4 rings (SSSR count). The predicted octanol–water partition coefficient (Wildman–Crippen LogP) is 4.63. The number of methoxy groups -OCH3 is 2. The summed E-state index contributed by atoms with van der Waals surface area (Å²) in [4.78, 5) is 29.4. The Morgan fingerprint density at radius 2 is 1.62 bits per heavy atom. The predicted molar refractivity (Wildman–Crippen MR) is 123 cm³/mol. The first-order valence-electron chi connectivity index (χ1n) is 10.1. The molecule has 4 aromatic rings. The molecule has 1 aromatic heterocycles. The number of nitrogens with zero attached hydrogens (tertiary/aromatic N) is 1. The van der Waals surface area contributed by atoms with Crippen molar-refractivity contribution in [3.05, 3.63) is 95.6 Å². The van der Waals surface area contributed by atoms with E-state index in [9.17, 15) is 9.59 Å². The monoisotopic (exact) mass is 426 g/mol. The highest BCUT2D eigenvalue weighted by Crippen LogP contribution is 2.26. The molecule has 1 N–H and O–H groups in total. The lowest BCUT2D eigenvalue weighted by Crippen LogP contribution is -2.23. The van der Waals surface area contributed by atoms with Gasteiger partial charge in [0.25, 0.3) is 5.91 Å². The molecule has 0 atom stereocenters. The second-order valence-electron chi connectivity index (χ2n) is 7.17. The molecule has 6 heteroatoms. The first kappa shape index (κ1) is 21.1. The molecule has 160 valence electrons. The van der Waals surface area contributed by atoms with Gasteiger partial charge in [-0.15, -0.1) is 0 Å². The van der Waals surface area contributed by atoms with Crippen molar-refractivity contribution in [3.8, 4) is 17.0 Å². The average Bonchev–Trinajstić information content (AvgIpc) is 2.86. The number of carbonyl (C=O) groups is 2. The Morgan fingerprint density at radius 3 is 2.31 bits per heavy atom. The summed E-state index contributed by atoms with van der Waals surface area (Å²) in [6.07, 6.45) is 0. The summed E-state index contributed by atoms with van der Waals surface area (Å²) in [5.41, 5.74) is 4.23. The van der Waals surface area contributed by atoms with Crippen LogP contribution in [0.5, 0.6) is 5.75 Å². The van der Waals surface area contributed by atoms with Crippen LogP contribution in [0.15, 0.2) is 78.9 Å². The highest BCUT2D eigenvalue weighted by atomic mass is 16.5. The molecule has 6 nitrogen and oxygen atoms in total. The van der Waals surface area contributed by atoms with Crippen molar-refractivity contribution in [1.82, 2.24) is 10.3 Å². The van der Waals surface area contributed by atoms with E-state index < -0.39 is 5.97 Å². The van der Waals surface area contributed by atoms with Crippen molar-refractivity contribution in [2.75, 3.05) is 14.2 Å². The smallest absolute Gasteiger partial charge is 0.337 e. The van der Waals surface area contributed by atoms with Crippen LogP contribution in [0.25, 0.3) is 22.2 Å². The number of ether oxygens (including phenoxy) is 2. The van der Waals surface area contributed by atoms with Crippen molar-refractivity contribution < 1.29 is 19.1 Å². The number of rotatable bonds is 6. The fourth-order valence-corrected chi connectivity index (χ4v) is 3.43. The van der Waals surface area contributed by atoms with Gasteiger partial charge in [-0.25, -0.2) is 9.78 Å². The van der Waals surface area contributed by atoms with Gasteiger partial charge in [-0.05, 0) is 54.1 Å². The summed E-state index contributed by atoms with van der Waals surface area (Å²) >= 11 is 0. The average molecular weight is 426 g/mol. The van der Waals surface area contributed by atoms with E-state index in [-0.39, 0.29) is 5.91 Å². The summed E-state index contributed by atoms with van der Waals surface area (Å²) in [5.74, 6) is 0.163. The molecule has 1 amide bonds.